The number of rotatable bonds is 7. The van der Waals surface area contributed by atoms with Gasteiger partial charge in [0.05, 0.1) is 23.5 Å². The Morgan fingerprint density at radius 3 is 2.28 bits per heavy atom. The van der Waals surface area contributed by atoms with Crippen LogP contribution in [0.5, 0.6) is 0 Å². The van der Waals surface area contributed by atoms with E-state index in [0.29, 0.717) is 5.82 Å². The number of carbonyl (C=O) groups is 2. The Balaban J connectivity index is 1.29. The highest BCUT2D eigenvalue weighted by Gasteiger charge is 2.23. The standard InChI is InChI=1S/C30H32N4O2/c1-22(31-28(35)20-23-14-16-25(17-15-23)24-10-4-2-5-11-24)30-32-26-12-6-7-13-27(26)34(30)21-29(36)33-18-8-3-9-19-33/h2,4-7,10-17,22H,3,8-9,18-21H2,1H3,(H,31,35). The number of likely N-dealkylation sites (tertiary alicyclic amines) is 1. The van der Waals surface area contributed by atoms with E-state index < -0.39 is 0 Å². The molecule has 1 aliphatic rings. The van der Waals surface area contributed by atoms with E-state index in [1.165, 1.54) is 6.42 Å². The Bertz CT molecular complexity index is 1340. The van der Waals surface area contributed by atoms with Gasteiger partial charge in [-0.05, 0) is 55.0 Å². The van der Waals surface area contributed by atoms with Crippen LogP contribution < -0.4 is 5.32 Å². The molecule has 0 saturated carbocycles. The van der Waals surface area contributed by atoms with Crippen LogP contribution in [0.3, 0.4) is 0 Å². The Morgan fingerprint density at radius 1 is 0.861 bits per heavy atom. The minimum absolute atomic E-state index is 0.0732. The van der Waals surface area contributed by atoms with Crippen molar-refractivity contribution < 1.29 is 9.59 Å². The maximum Gasteiger partial charge on any atom is 0.242 e. The number of benzene rings is 3. The lowest BCUT2D eigenvalue weighted by molar-refractivity contribution is -0.132. The highest BCUT2D eigenvalue weighted by atomic mass is 16.2. The fourth-order valence-electron chi connectivity index (χ4n) is 4.96. The Hall–Kier alpha value is -3.93. The van der Waals surface area contributed by atoms with Gasteiger partial charge < -0.3 is 14.8 Å². The first-order valence-electron chi connectivity index (χ1n) is 12.7. The van der Waals surface area contributed by atoms with Crippen molar-refractivity contribution in [3.05, 3.63) is 90.3 Å². The first kappa shape index (κ1) is 23.8. The average Bonchev–Trinajstić information content (AvgIpc) is 3.28. The maximum atomic E-state index is 13.1. The number of amides is 2. The number of hydrogen-bond donors (Lipinski definition) is 1. The van der Waals surface area contributed by atoms with Crippen molar-refractivity contribution in [3.63, 3.8) is 0 Å². The lowest BCUT2D eigenvalue weighted by Crippen LogP contribution is -2.38. The molecule has 2 heterocycles. The van der Waals surface area contributed by atoms with Gasteiger partial charge in [-0.3, -0.25) is 9.59 Å². The second kappa shape index (κ2) is 10.8. The molecule has 2 amide bonds. The monoisotopic (exact) mass is 480 g/mol. The van der Waals surface area contributed by atoms with Gasteiger partial charge in [0.15, 0.2) is 0 Å². The van der Waals surface area contributed by atoms with E-state index in [4.69, 9.17) is 4.98 Å². The van der Waals surface area contributed by atoms with Gasteiger partial charge in [-0.25, -0.2) is 4.98 Å². The molecule has 184 valence electrons. The summed E-state index contributed by atoms with van der Waals surface area (Å²) in [7, 11) is 0. The van der Waals surface area contributed by atoms with E-state index in [1.54, 1.807) is 0 Å². The molecule has 0 bridgehead atoms. The number of imidazole rings is 1. The highest BCUT2D eigenvalue weighted by Crippen LogP contribution is 2.23. The summed E-state index contributed by atoms with van der Waals surface area (Å²) >= 11 is 0. The largest absolute Gasteiger partial charge is 0.346 e. The molecule has 1 saturated heterocycles. The van der Waals surface area contributed by atoms with Gasteiger partial charge in [0.2, 0.25) is 11.8 Å². The molecule has 5 rings (SSSR count). The van der Waals surface area contributed by atoms with Crippen molar-refractivity contribution in [3.8, 4) is 11.1 Å². The van der Waals surface area contributed by atoms with Crippen molar-refractivity contribution in [2.45, 2.75) is 45.2 Å². The molecule has 6 nitrogen and oxygen atoms in total. The number of aromatic nitrogens is 2. The molecule has 4 aromatic rings. The number of carbonyl (C=O) groups excluding carboxylic acids is 2. The molecule has 6 heteroatoms. The molecule has 1 aromatic heterocycles. The smallest absolute Gasteiger partial charge is 0.242 e. The molecule has 0 aliphatic carbocycles. The summed E-state index contributed by atoms with van der Waals surface area (Å²) in [6, 6.07) is 25.8. The van der Waals surface area contributed by atoms with Gasteiger partial charge in [0.1, 0.15) is 12.4 Å². The highest BCUT2D eigenvalue weighted by molar-refractivity contribution is 5.82. The first-order valence-corrected chi connectivity index (χ1v) is 12.7. The third kappa shape index (κ3) is 5.33. The second-order valence-corrected chi connectivity index (χ2v) is 9.52. The SMILES string of the molecule is CC(NC(=O)Cc1ccc(-c2ccccc2)cc1)c1nc2ccccc2n1CC(=O)N1CCCCC1. The van der Waals surface area contributed by atoms with Crippen LogP contribution in [-0.4, -0.2) is 39.4 Å². The third-order valence-corrected chi connectivity index (χ3v) is 6.88. The lowest BCUT2D eigenvalue weighted by Gasteiger charge is -2.27. The van der Waals surface area contributed by atoms with Crippen molar-refractivity contribution in [2.75, 3.05) is 13.1 Å². The van der Waals surface area contributed by atoms with Gasteiger partial charge in [-0.15, -0.1) is 0 Å². The fraction of sp³-hybridized carbons (Fsp3) is 0.300. The van der Waals surface area contributed by atoms with Crippen molar-refractivity contribution >= 4 is 22.8 Å². The van der Waals surface area contributed by atoms with Crippen LogP contribution in [0, 0.1) is 0 Å². The molecular weight excluding hydrogens is 448 g/mol. The first-order chi connectivity index (χ1) is 17.6. The maximum absolute atomic E-state index is 13.1. The van der Waals surface area contributed by atoms with Gasteiger partial charge in [0, 0.05) is 13.1 Å². The Labute approximate surface area is 212 Å². The summed E-state index contributed by atoms with van der Waals surface area (Å²) < 4.78 is 1.96. The average molecular weight is 481 g/mol. The predicted octanol–water partition coefficient (Wildman–Crippen LogP) is 5.14. The Kier molecular flexibility index (Phi) is 7.12. The lowest BCUT2D eigenvalue weighted by atomic mass is 10.0. The van der Waals surface area contributed by atoms with Gasteiger partial charge in [-0.2, -0.15) is 0 Å². The van der Waals surface area contributed by atoms with E-state index >= 15 is 0 Å². The number of fused-ring (bicyclic) bond motifs is 1. The molecule has 1 unspecified atom stereocenters. The van der Waals surface area contributed by atoms with E-state index in [0.717, 1.165) is 53.7 Å². The van der Waals surface area contributed by atoms with Crippen molar-refractivity contribution in [1.82, 2.24) is 19.8 Å². The van der Waals surface area contributed by atoms with Crippen LogP contribution in [-0.2, 0) is 22.6 Å². The van der Waals surface area contributed by atoms with E-state index in [2.05, 4.69) is 17.4 Å². The fourth-order valence-corrected chi connectivity index (χ4v) is 4.96. The van der Waals surface area contributed by atoms with Crippen LogP contribution in [0.1, 0.15) is 43.6 Å². The van der Waals surface area contributed by atoms with Crippen LogP contribution >= 0.6 is 0 Å². The molecule has 0 radical (unpaired) electrons. The predicted molar refractivity (Wildman–Crippen MR) is 142 cm³/mol. The molecule has 1 fully saturated rings. The molecule has 1 aliphatic heterocycles. The zero-order chi connectivity index (χ0) is 24.9. The van der Waals surface area contributed by atoms with Crippen LogP contribution in [0.25, 0.3) is 22.2 Å². The van der Waals surface area contributed by atoms with E-state index in [-0.39, 0.29) is 30.8 Å². The summed E-state index contributed by atoms with van der Waals surface area (Å²) in [6.07, 6.45) is 3.58. The summed E-state index contributed by atoms with van der Waals surface area (Å²) in [4.78, 5) is 32.7. The van der Waals surface area contributed by atoms with Crippen LogP contribution in [0.2, 0.25) is 0 Å². The van der Waals surface area contributed by atoms with E-state index in [9.17, 15) is 9.59 Å². The van der Waals surface area contributed by atoms with Crippen LogP contribution in [0.4, 0.5) is 0 Å². The topological polar surface area (TPSA) is 67.2 Å². The molecule has 3 aromatic carbocycles. The number of para-hydroxylation sites is 2. The van der Waals surface area contributed by atoms with Gasteiger partial charge in [0.25, 0.3) is 0 Å². The molecular formula is C30H32N4O2. The van der Waals surface area contributed by atoms with E-state index in [1.807, 2.05) is 83.1 Å². The normalized spacial score (nSPS) is 14.5. The zero-order valence-electron chi connectivity index (χ0n) is 20.7. The Morgan fingerprint density at radius 2 is 1.53 bits per heavy atom. The zero-order valence-corrected chi connectivity index (χ0v) is 20.7. The molecule has 1 N–H and O–H groups in total. The minimum atomic E-state index is -0.331. The van der Waals surface area contributed by atoms with Crippen LogP contribution in [0.15, 0.2) is 78.9 Å². The summed E-state index contributed by atoms with van der Waals surface area (Å²) in [5.74, 6) is 0.737. The van der Waals surface area contributed by atoms with Crippen molar-refractivity contribution in [2.24, 2.45) is 0 Å². The molecule has 1 atom stereocenters. The number of nitrogens with zero attached hydrogens (tertiary/aromatic N) is 3. The minimum Gasteiger partial charge on any atom is -0.346 e. The number of nitrogens with one attached hydrogen (secondary N) is 1. The molecule has 36 heavy (non-hydrogen) atoms. The van der Waals surface area contributed by atoms with Gasteiger partial charge >= 0.3 is 0 Å². The molecule has 0 spiro atoms. The number of piperidine rings is 1. The summed E-state index contributed by atoms with van der Waals surface area (Å²) in [5, 5.41) is 3.10. The van der Waals surface area contributed by atoms with Crippen molar-refractivity contribution in [1.29, 1.82) is 0 Å². The summed E-state index contributed by atoms with van der Waals surface area (Å²) in [6.45, 7) is 3.79. The second-order valence-electron chi connectivity index (χ2n) is 9.52. The summed E-state index contributed by atoms with van der Waals surface area (Å²) in [5.41, 5.74) is 4.97. The number of hydrogen-bond acceptors (Lipinski definition) is 3. The van der Waals surface area contributed by atoms with Gasteiger partial charge in [-0.1, -0.05) is 66.7 Å². The quantitative estimate of drug-likeness (QED) is 0.399. The third-order valence-electron chi connectivity index (χ3n) is 6.88.